The van der Waals surface area contributed by atoms with Crippen LogP contribution < -0.4 is 0 Å². The van der Waals surface area contributed by atoms with Crippen LogP contribution in [-0.2, 0) is 6.42 Å². The number of hydrogen-bond acceptors (Lipinski definition) is 1. The highest BCUT2D eigenvalue weighted by molar-refractivity contribution is 7.13. The second kappa shape index (κ2) is 7.92. The third-order valence-electron chi connectivity index (χ3n) is 4.74. The lowest BCUT2D eigenvalue weighted by molar-refractivity contribution is 0.377. The van der Waals surface area contributed by atoms with Crippen molar-refractivity contribution in [1.29, 1.82) is 0 Å². The summed E-state index contributed by atoms with van der Waals surface area (Å²) in [6.45, 7) is 5.53. The molecule has 0 heterocycles. The fourth-order valence-electron chi connectivity index (χ4n) is 3.32. The molecule has 1 unspecified atom stereocenters. The van der Waals surface area contributed by atoms with Gasteiger partial charge in [-0.15, -0.1) is 0 Å². The number of fused-ring (bicyclic) bond motifs is 1. The standard InChI is InChI=1S/C22H26NP/c1-17-8-5-9-19(16-17)10-7-15-23(24)18(2)21-14-6-12-20-11-3-4-13-22(20)21/h3-6,8-9,11-14,16,18H,7,10,15,24H2,1-2H3/t18-/m1/s1. The molecule has 3 aromatic rings. The zero-order valence-electron chi connectivity index (χ0n) is 14.6. The summed E-state index contributed by atoms with van der Waals surface area (Å²) in [7, 11) is 2.93. The lowest BCUT2D eigenvalue weighted by Crippen LogP contribution is -2.18. The van der Waals surface area contributed by atoms with Gasteiger partial charge in [-0.05, 0) is 48.6 Å². The van der Waals surface area contributed by atoms with Crippen LogP contribution in [-0.4, -0.2) is 11.2 Å². The maximum atomic E-state index is 2.93. The number of hydrogen-bond donors (Lipinski definition) is 0. The Kier molecular flexibility index (Phi) is 5.66. The average molecular weight is 335 g/mol. The van der Waals surface area contributed by atoms with E-state index in [0.29, 0.717) is 6.04 Å². The van der Waals surface area contributed by atoms with E-state index in [-0.39, 0.29) is 0 Å². The van der Waals surface area contributed by atoms with Gasteiger partial charge in [0, 0.05) is 12.6 Å². The first-order valence-electron chi connectivity index (χ1n) is 8.69. The van der Waals surface area contributed by atoms with Gasteiger partial charge in [0.15, 0.2) is 0 Å². The van der Waals surface area contributed by atoms with Gasteiger partial charge < -0.3 is 0 Å². The highest BCUT2D eigenvalue weighted by atomic mass is 31.0. The SMILES string of the molecule is Cc1cccc(CCCN(P)[C@H](C)c2cccc3ccccc23)c1. The van der Waals surface area contributed by atoms with E-state index in [1.54, 1.807) is 0 Å². The van der Waals surface area contributed by atoms with Crippen molar-refractivity contribution in [2.75, 3.05) is 6.54 Å². The molecular weight excluding hydrogens is 309 g/mol. The molecule has 0 N–H and O–H groups in total. The molecule has 0 saturated heterocycles. The number of rotatable bonds is 6. The average Bonchev–Trinajstić information content (AvgIpc) is 2.60. The Morgan fingerprint density at radius 3 is 2.54 bits per heavy atom. The molecule has 3 aromatic carbocycles. The van der Waals surface area contributed by atoms with E-state index in [9.17, 15) is 0 Å². The van der Waals surface area contributed by atoms with Crippen molar-refractivity contribution < 1.29 is 0 Å². The normalized spacial score (nSPS) is 12.7. The second-order valence-electron chi connectivity index (χ2n) is 6.57. The van der Waals surface area contributed by atoms with Crippen molar-refractivity contribution >= 4 is 20.2 Å². The monoisotopic (exact) mass is 335 g/mol. The Balaban J connectivity index is 1.65. The van der Waals surface area contributed by atoms with Gasteiger partial charge in [-0.3, -0.25) is 4.67 Å². The fourth-order valence-corrected chi connectivity index (χ4v) is 3.66. The quantitative estimate of drug-likeness (QED) is 0.504. The maximum Gasteiger partial charge on any atom is 0.0357 e. The molecule has 2 atom stereocenters. The van der Waals surface area contributed by atoms with Crippen LogP contribution in [0.2, 0.25) is 0 Å². The first-order chi connectivity index (χ1) is 11.6. The maximum absolute atomic E-state index is 2.93. The highest BCUT2D eigenvalue weighted by Gasteiger charge is 2.14. The minimum Gasteiger partial charge on any atom is -0.280 e. The van der Waals surface area contributed by atoms with Crippen LogP contribution >= 0.6 is 9.39 Å². The molecule has 0 saturated carbocycles. The van der Waals surface area contributed by atoms with Crippen LogP contribution in [0.5, 0.6) is 0 Å². The predicted molar refractivity (Wildman–Crippen MR) is 108 cm³/mol. The largest absolute Gasteiger partial charge is 0.280 e. The van der Waals surface area contributed by atoms with Crippen LogP contribution in [0.4, 0.5) is 0 Å². The fraction of sp³-hybridized carbons (Fsp3) is 0.273. The zero-order valence-corrected chi connectivity index (χ0v) is 15.7. The molecule has 0 aliphatic rings. The van der Waals surface area contributed by atoms with E-state index in [1.165, 1.54) is 33.9 Å². The smallest absolute Gasteiger partial charge is 0.0357 e. The van der Waals surface area contributed by atoms with Gasteiger partial charge in [0.1, 0.15) is 0 Å². The van der Waals surface area contributed by atoms with E-state index in [4.69, 9.17) is 0 Å². The van der Waals surface area contributed by atoms with Crippen molar-refractivity contribution in [3.05, 3.63) is 83.4 Å². The van der Waals surface area contributed by atoms with Crippen molar-refractivity contribution in [3.63, 3.8) is 0 Å². The molecule has 0 aliphatic carbocycles. The molecule has 124 valence electrons. The molecule has 0 bridgehead atoms. The minimum atomic E-state index is 0.388. The predicted octanol–water partition coefficient (Wildman–Crippen LogP) is 5.93. The molecule has 0 aromatic heterocycles. The molecule has 3 rings (SSSR count). The summed E-state index contributed by atoms with van der Waals surface area (Å²) in [6.07, 6.45) is 2.30. The summed E-state index contributed by atoms with van der Waals surface area (Å²) in [5.74, 6) is 0. The van der Waals surface area contributed by atoms with Gasteiger partial charge in [0.2, 0.25) is 0 Å². The van der Waals surface area contributed by atoms with E-state index >= 15 is 0 Å². The molecule has 0 fully saturated rings. The molecule has 0 aliphatic heterocycles. The number of benzene rings is 3. The van der Waals surface area contributed by atoms with E-state index in [1.807, 2.05) is 0 Å². The number of nitrogens with zero attached hydrogens (tertiary/aromatic N) is 1. The van der Waals surface area contributed by atoms with E-state index in [0.717, 1.165) is 13.0 Å². The topological polar surface area (TPSA) is 3.24 Å². The molecule has 1 nitrogen and oxygen atoms in total. The van der Waals surface area contributed by atoms with Crippen molar-refractivity contribution in [2.24, 2.45) is 0 Å². The molecule has 0 amide bonds. The van der Waals surface area contributed by atoms with Gasteiger partial charge in [-0.2, -0.15) is 0 Å². The van der Waals surface area contributed by atoms with E-state index in [2.05, 4.69) is 94.6 Å². The zero-order chi connectivity index (χ0) is 16.9. The lowest BCUT2D eigenvalue weighted by Gasteiger charge is -2.26. The van der Waals surface area contributed by atoms with Crippen LogP contribution in [0.15, 0.2) is 66.7 Å². The Morgan fingerprint density at radius 2 is 1.71 bits per heavy atom. The lowest BCUT2D eigenvalue weighted by atomic mass is 9.99. The van der Waals surface area contributed by atoms with Gasteiger partial charge in [-0.25, -0.2) is 0 Å². The van der Waals surface area contributed by atoms with Crippen LogP contribution in [0.1, 0.15) is 36.1 Å². The van der Waals surface area contributed by atoms with Gasteiger partial charge >= 0.3 is 0 Å². The van der Waals surface area contributed by atoms with Gasteiger partial charge in [-0.1, -0.05) is 81.7 Å². The molecule has 0 radical (unpaired) electrons. The molecule has 2 heteroatoms. The van der Waals surface area contributed by atoms with Crippen LogP contribution in [0.3, 0.4) is 0 Å². The Bertz CT molecular complexity index is 806. The van der Waals surface area contributed by atoms with Crippen LogP contribution in [0.25, 0.3) is 10.8 Å². The summed E-state index contributed by atoms with van der Waals surface area (Å²) in [4.78, 5) is 0. The highest BCUT2D eigenvalue weighted by Crippen LogP contribution is 2.30. The minimum absolute atomic E-state index is 0.388. The Morgan fingerprint density at radius 1 is 0.958 bits per heavy atom. The Labute approximate surface area is 148 Å². The third kappa shape index (κ3) is 4.04. The summed E-state index contributed by atoms with van der Waals surface area (Å²) >= 11 is 0. The summed E-state index contributed by atoms with van der Waals surface area (Å²) in [6, 6.07) is 24.5. The van der Waals surface area contributed by atoms with Crippen LogP contribution in [0, 0.1) is 6.92 Å². The van der Waals surface area contributed by atoms with Gasteiger partial charge in [0.05, 0.1) is 0 Å². The first kappa shape index (κ1) is 17.1. The first-order valence-corrected chi connectivity index (χ1v) is 9.21. The summed E-state index contributed by atoms with van der Waals surface area (Å²) < 4.78 is 2.39. The van der Waals surface area contributed by atoms with Crippen molar-refractivity contribution in [1.82, 2.24) is 4.67 Å². The summed E-state index contributed by atoms with van der Waals surface area (Å²) in [5.41, 5.74) is 4.18. The van der Waals surface area contributed by atoms with Crippen molar-refractivity contribution in [2.45, 2.75) is 32.7 Å². The number of aryl methyl sites for hydroxylation is 2. The van der Waals surface area contributed by atoms with Gasteiger partial charge in [0.25, 0.3) is 0 Å². The second-order valence-corrected chi connectivity index (χ2v) is 7.24. The molecule has 0 spiro atoms. The van der Waals surface area contributed by atoms with Crippen molar-refractivity contribution in [3.8, 4) is 0 Å². The molecule has 24 heavy (non-hydrogen) atoms. The molecular formula is C22H26NP. The summed E-state index contributed by atoms with van der Waals surface area (Å²) in [5, 5.41) is 2.68. The van der Waals surface area contributed by atoms with E-state index < -0.39 is 0 Å². The Hall–Kier alpha value is -1.69. The third-order valence-corrected chi connectivity index (χ3v) is 5.44.